The number of aromatic nitrogens is 2. The molecular weight excluding hydrogens is 342 g/mol. The zero-order chi connectivity index (χ0) is 17.8. The van der Waals surface area contributed by atoms with Crippen molar-refractivity contribution < 1.29 is 9.59 Å². The molecule has 25 heavy (non-hydrogen) atoms. The van der Waals surface area contributed by atoms with E-state index < -0.39 is 0 Å². The van der Waals surface area contributed by atoms with Gasteiger partial charge in [-0.1, -0.05) is 17.7 Å². The molecule has 130 valence electrons. The van der Waals surface area contributed by atoms with E-state index >= 15 is 0 Å². The second-order valence-corrected chi connectivity index (χ2v) is 6.24. The van der Waals surface area contributed by atoms with Crippen LogP contribution >= 0.6 is 11.6 Å². The summed E-state index contributed by atoms with van der Waals surface area (Å²) in [7, 11) is 0. The van der Waals surface area contributed by atoms with Crippen LogP contribution < -0.4 is 5.32 Å². The van der Waals surface area contributed by atoms with Gasteiger partial charge in [-0.05, 0) is 24.6 Å². The highest BCUT2D eigenvalue weighted by Gasteiger charge is 2.22. The van der Waals surface area contributed by atoms with Crippen LogP contribution in [0.2, 0.25) is 5.02 Å². The Kier molecular flexibility index (Phi) is 5.14. The molecule has 2 aromatic rings. The topological polar surface area (TPSA) is 78.4 Å². The van der Waals surface area contributed by atoms with E-state index in [1.807, 2.05) is 19.1 Å². The Morgan fingerprint density at radius 2 is 1.96 bits per heavy atom. The number of hydrogen-bond acceptors (Lipinski definition) is 5. The summed E-state index contributed by atoms with van der Waals surface area (Å²) < 4.78 is 0. The maximum atomic E-state index is 12.6. The Morgan fingerprint density at radius 3 is 2.68 bits per heavy atom. The number of aryl methyl sites for hydroxylation is 1. The van der Waals surface area contributed by atoms with Crippen molar-refractivity contribution in [3.63, 3.8) is 0 Å². The van der Waals surface area contributed by atoms with E-state index in [1.54, 1.807) is 21.9 Å². The standard InChI is InChI=1S/C17H18ClN5O2/c1-12-2-3-13(18)8-14(12)21-16-9-15(19-10-20-16)17(25)23-6-4-22(11-24)5-7-23/h2-3,8-11H,4-7H2,1H3,(H,19,20,21). The SMILES string of the molecule is Cc1ccc(Cl)cc1Nc1cc(C(=O)N2CCN(C=O)CC2)ncn1. The summed E-state index contributed by atoms with van der Waals surface area (Å²) in [6.07, 6.45) is 2.17. The highest BCUT2D eigenvalue weighted by molar-refractivity contribution is 6.30. The minimum atomic E-state index is -0.168. The summed E-state index contributed by atoms with van der Waals surface area (Å²) in [5, 5.41) is 3.78. The van der Waals surface area contributed by atoms with Crippen molar-refractivity contribution in [1.29, 1.82) is 0 Å². The number of anilines is 2. The van der Waals surface area contributed by atoms with E-state index in [2.05, 4.69) is 15.3 Å². The lowest BCUT2D eigenvalue weighted by Gasteiger charge is -2.32. The highest BCUT2D eigenvalue weighted by Crippen LogP contribution is 2.23. The number of benzene rings is 1. The summed E-state index contributed by atoms with van der Waals surface area (Å²) in [5.74, 6) is 0.356. The lowest BCUT2D eigenvalue weighted by Crippen LogP contribution is -2.48. The first-order valence-corrected chi connectivity index (χ1v) is 8.28. The Balaban J connectivity index is 1.74. The average Bonchev–Trinajstić information content (AvgIpc) is 2.64. The molecule has 1 saturated heterocycles. The van der Waals surface area contributed by atoms with E-state index in [9.17, 15) is 9.59 Å². The van der Waals surface area contributed by atoms with Gasteiger partial charge in [0, 0.05) is 43.0 Å². The van der Waals surface area contributed by atoms with Gasteiger partial charge in [-0.15, -0.1) is 0 Å². The molecule has 0 atom stereocenters. The van der Waals surface area contributed by atoms with Crippen LogP contribution in [0.1, 0.15) is 16.1 Å². The van der Waals surface area contributed by atoms with Crippen LogP contribution in [0.15, 0.2) is 30.6 Å². The molecule has 1 aliphatic heterocycles. The van der Waals surface area contributed by atoms with Gasteiger partial charge < -0.3 is 15.1 Å². The number of piperazine rings is 1. The van der Waals surface area contributed by atoms with Crippen molar-refractivity contribution in [2.75, 3.05) is 31.5 Å². The van der Waals surface area contributed by atoms with Gasteiger partial charge in [0.25, 0.3) is 5.91 Å². The molecule has 1 aliphatic rings. The van der Waals surface area contributed by atoms with Gasteiger partial charge in [0.1, 0.15) is 17.8 Å². The fraction of sp³-hybridized carbons (Fsp3) is 0.294. The number of amides is 2. The number of carbonyl (C=O) groups excluding carboxylic acids is 2. The van der Waals surface area contributed by atoms with Crippen molar-refractivity contribution in [3.05, 3.63) is 46.9 Å². The highest BCUT2D eigenvalue weighted by atomic mass is 35.5. The van der Waals surface area contributed by atoms with Gasteiger partial charge in [0.2, 0.25) is 6.41 Å². The molecule has 7 nitrogen and oxygen atoms in total. The Hall–Kier alpha value is -2.67. The van der Waals surface area contributed by atoms with Crippen LogP contribution in [0.5, 0.6) is 0 Å². The molecule has 1 fully saturated rings. The minimum absolute atomic E-state index is 0.168. The van der Waals surface area contributed by atoms with Crippen LogP contribution in [-0.2, 0) is 4.79 Å². The van der Waals surface area contributed by atoms with Crippen molar-refractivity contribution >= 4 is 35.4 Å². The number of nitrogens with zero attached hydrogens (tertiary/aromatic N) is 4. The maximum Gasteiger partial charge on any atom is 0.272 e. The zero-order valence-corrected chi connectivity index (χ0v) is 14.5. The molecule has 1 aromatic heterocycles. The minimum Gasteiger partial charge on any atom is -0.342 e. The normalized spacial score (nSPS) is 14.3. The fourth-order valence-electron chi connectivity index (χ4n) is 2.60. The quantitative estimate of drug-likeness (QED) is 0.846. The van der Waals surface area contributed by atoms with E-state index in [0.29, 0.717) is 42.7 Å². The van der Waals surface area contributed by atoms with Gasteiger partial charge in [-0.3, -0.25) is 9.59 Å². The molecule has 0 saturated carbocycles. The molecule has 3 rings (SSSR count). The summed E-state index contributed by atoms with van der Waals surface area (Å²) in [5.41, 5.74) is 2.15. The van der Waals surface area contributed by atoms with Gasteiger partial charge in [0.15, 0.2) is 0 Å². The predicted molar refractivity (Wildman–Crippen MR) is 95.0 cm³/mol. The van der Waals surface area contributed by atoms with E-state index in [0.717, 1.165) is 17.7 Å². The summed E-state index contributed by atoms with van der Waals surface area (Å²) in [4.78, 5) is 35.0. The molecule has 0 bridgehead atoms. The van der Waals surface area contributed by atoms with Crippen molar-refractivity contribution in [2.24, 2.45) is 0 Å². The molecular formula is C17H18ClN5O2. The van der Waals surface area contributed by atoms with Crippen LogP contribution in [0, 0.1) is 6.92 Å². The maximum absolute atomic E-state index is 12.6. The van der Waals surface area contributed by atoms with Gasteiger partial charge in [-0.25, -0.2) is 9.97 Å². The predicted octanol–water partition coefficient (Wildman–Crippen LogP) is 2.10. The largest absolute Gasteiger partial charge is 0.342 e. The van der Waals surface area contributed by atoms with Crippen molar-refractivity contribution in [2.45, 2.75) is 6.92 Å². The summed E-state index contributed by atoms with van der Waals surface area (Å²) in [6.45, 7) is 4.02. The number of hydrogen-bond donors (Lipinski definition) is 1. The molecule has 2 heterocycles. The third kappa shape index (κ3) is 4.06. The van der Waals surface area contributed by atoms with Crippen LogP contribution in [0.3, 0.4) is 0 Å². The summed E-state index contributed by atoms with van der Waals surface area (Å²) in [6, 6.07) is 7.15. The first kappa shape index (κ1) is 17.2. The first-order valence-electron chi connectivity index (χ1n) is 7.90. The Labute approximate surface area is 150 Å². The van der Waals surface area contributed by atoms with E-state index in [1.165, 1.54) is 6.33 Å². The van der Waals surface area contributed by atoms with Crippen molar-refractivity contribution in [1.82, 2.24) is 19.8 Å². The second-order valence-electron chi connectivity index (χ2n) is 5.81. The third-order valence-electron chi connectivity index (χ3n) is 4.10. The molecule has 0 aliphatic carbocycles. The second kappa shape index (κ2) is 7.48. The lowest BCUT2D eigenvalue weighted by molar-refractivity contribution is -0.119. The van der Waals surface area contributed by atoms with E-state index in [-0.39, 0.29) is 5.91 Å². The molecule has 0 spiro atoms. The van der Waals surface area contributed by atoms with Crippen LogP contribution in [0.25, 0.3) is 0 Å². The fourth-order valence-corrected chi connectivity index (χ4v) is 2.77. The smallest absolute Gasteiger partial charge is 0.272 e. The number of halogens is 1. The molecule has 0 radical (unpaired) electrons. The third-order valence-corrected chi connectivity index (χ3v) is 4.33. The molecule has 8 heteroatoms. The lowest BCUT2D eigenvalue weighted by atomic mass is 10.2. The molecule has 1 N–H and O–H groups in total. The van der Waals surface area contributed by atoms with E-state index in [4.69, 9.17) is 11.6 Å². The van der Waals surface area contributed by atoms with Crippen molar-refractivity contribution in [3.8, 4) is 0 Å². The molecule has 0 unspecified atom stereocenters. The molecule has 2 amide bonds. The average molecular weight is 360 g/mol. The summed E-state index contributed by atoms with van der Waals surface area (Å²) >= 11 is 6.03. The van der Waals surface area contributed by atoms with Gasteiger partial charge >= 0.3 is 0 Å². The van der Waals surface area contributed by atoms with Gasteiger partial charge in [0.05, 0.1) is 0 Å². The Morgan fingerprint density at radius 1 is 1.20 bits per heavy atom. The first-order chi connectivity index (χ1) is 12.1. The number of carbonyl (C=O) groups is 2. The molecule has 1 aromatic carbocycles. The monoisotopic (exact) mass is 359 g/mol. The van der Waals surface area contributed by atoms with Crippen LogP contribution in [0.4, 0.5) is 11.5 Å². The number of rotatable bonds is 4. The van der Waals surface area contributed by atoms with Gasteiger partial charge in [-0.2, -0.15) is 0 Å². The Bertz CT molecular complexity index is 790. The number of nitrogens with one attached hydrogen (secondary N) is 1. The zero-order valence-electron chi connectivity index (χ0n) is 13.8. The van der Waals surface area contributed by atoms with Crippen LogP contribution in [-0.4, -0.2) is 58.3 Å².